The van der Waals surface area contributed by atoms with E-state index in [-0.39, 0.29) is 0 Å². The Hall–Kier alpha value is -6.62. The SMILES string of the molecule is C=C(C#N)c1ccc(N(c2ccccc2)c2cccc(-c3cccc(N(c4ccccc4)c4ccc(C(=C)C#N)cc4)c3)c2)cc1. The van der Waals surface area contributed by atoms with Crippen LogP contribution < -0.4 is 9.80 Å². The normalized spacial score (nSPS) is 10.3. The highest BCUT2D eigenvalue weighted by atomic mass is 15.1. The number of anilines is 6. The average molecular weight is 591 g/mol. The molecular weight excluding hydrogens is 560 g/mol. The molecule has 0 radical (unpaired) electrons. The van der Waals surface area contributed by atoms with Gasteiger partial charge in [-0.15, -0.1) is 0 Å². The highest BCUT2D eigenvalue weighted by Crippen LogP contribution is 2.39. The van der Waals surface area contributed by atoms with Gasteiger partial charge < -0.3 is 9.80 Å². The number of para-hydroxylation sites is 2. The van der Waals surface area contributed by atoms with Gasteiger partial charge in [0.15, 0.2) is 0 Å². The summed E-state index contributed by atoms with van der Waals surface area (Å²) in [5.41, 5.74) is 10.6. The van der Waals surface area contributed by atoms with Crippen molar-refractivity contribution in [3.05, 3.63) is 182 Å². The third kappa shape index (κ3) is 6.19. The highest BCUT2D eigenvalue weighted by Gasteiger charge is 2.16. The smallest absolute Gasteiger partial charge is 0.0991 e. The molecule has 218 valence electrons. The molecule has 4 nitrogen and oxygen atoms in total. The minimum absolute atomic E-state index is 0.438. The van der Waals surface area contributed by atoms with E-state index in [1.807, 2.05) is 84.9 Å². The minimum atomic E-state index is 0.438. The molecule has 0 heterocycles. The molecule has 0 saturated heterocycles. The fourth-order valence-corrected chi connectivity index (χ4v) is 5.45. The molecule has 0 aliphatic heterocycles. The maximum Gasteiger partial charge on any atom is 0.0991 e. The molecule has 46 heavy (non-hydrogen) atoms. The van der Waals surface area contributed by atoms with Crippen molar-refractivity contribution in [2.24, 2.45) is 0 Å². The summed E-state index contributed by atoms with van der Waals surface area (Å²) in [6, 6.07) is 57.6. The maximum absolute atomic E-state index is 9.31. The van der Waals surface area contributed by atoms with Crippen LogP contribution in [0.5, 0.6) is 0 Å². The number of nitriles is 2. The summed E-state index contributed by atoms with van der Waals surface area (Å²) in [5, 5.41) is 18.6. The van der Waals surface area contributed by atoms with Crippen LogP contribution >= 0.6 is 0 Å². The fourth-order valence-electron chi connectivity index (χ4n) is 5.45. The first-order chi connectivity index (χ1) is 22.6. The number of hydrogen-bond acceptors (Lipinski definition) is 4. The van der Waals surface area contributed by atoms with Gasteiger partial charge in [-0.3, -0.25) is 0 Å². The van der Waals surface area contributed by atoms with Gasteiger partial charge in [0, 0.05) is 34.1 Å². The summed E-state index contributed by atoms with van der Waals surface area (Å²) in [5.74, 6) is 0. The van der Waals surface area contributed by atoms with E-state index >= 15 is 0 Å². The molecule has 4 heteroatoms. The van der Waals surface area contributed by atoms with Crippen LogP contribution in [0.15, 0.2) is 171 Å². The van der Waals surface area contributed by atoms with E-state index in [0.29, 0.717) is 11.1 Å². The fraction of sp³-hybridized carbons (Fsp3) is 0. The number of hydrogen-bond donors (Lipinski definition) is 0. The zero-order valence-electron chi connectivity index (χ0n) is 25.2. The molecule has 0 unspecified atom stereocenters. The lowest BCUT2D eigenvalue weighted by Crippen LogP contribution is -2.10. The van der Waals surface area contributed by atoms with Crippen molar-refractivity contribution in [1.29, 1.82) is 10.5 Å². The molecule has 0 amide bonds. The van der Waals surface area contributed by atoms with Gasteiger partial charge in [0.1, 0.15) is 0 Å². The van der Waals surface area contributed by atoms with Crippen LogP contribution in [0.4, 0.5) is 34.1 Å². The number of benzene rings is 6. The Balaban J connectivity index is 1.41. The van der Waals surface area contributed by atoms with Gasteiger partial charge in [0.2, 0.25) is 0 Å². The molecule has 6 aromatic rings. The van der Waals surface area contributed by atoms with E-state index in [1.165, 1.54) is 0 Å². The molecule has 0 fully saturated rings. The predicted octanol–water partition coefficient (Wildman–Crippen LogP) is 11.4. The van der Waals surface area contributed by atoms with Gasteiger partial charge in [-0.25, -0.2) is 0 Å². The largest absolute Gasteiger partial charge is 0.310 e. The van der Waals surface area contributed by atoms with Crippen molar-refractivity contribution in [1.82, 2.24) is 0 Å². The lowest BCUT2D eigenvalue weighted by Gasteiger charge is -2.27. The molecule has 0 aliphatic rings. The first-order valence-electron chi connectivity index (χ1n) is 14.9. The first kappa shape index (κ1) is 29.5. The third-order valence-corrected chi connectivity index (χ3v) is 7.79. The molecule has 0 bridgehead atoms. The molecule has 6 rings (SSSR count). The van der Waals surface area contributed by atoms with Crippen LogP contribution in [0.1, 0.15) is 11.1 Å². The first-order valence-corrected chi connectivity index (χ1v) is 14.9. The van der Waals surface area contributed by atoms with Crippen molar-refractivity contribution in [2.75, 3.05) is 9.80 Å². The Kier molecular flexibility index (Phi) is 8.55. The van der Waals surface area contributed by atoms with Crippen LogP contribution in [-0.4, -0.2) is 0 Å². The van der Waals surface area contributed by atoms with E-state index in [9.17, 15) is 10.5 Å². The van der Waals surface area contributed by atoms with Crippen LogP contribution in [0.2, 0.25) is 0 Å². The van der Waals surface area contributed by atoms with Gasteiger partial charge >= 0.3 is 0 Å². The molecule has 0 saturated carbocycles. The second kappa shape index (κ2) is 13.3. The minimum Gasteiger partial charge on any atom is -0.310 e. The molecular formula is C42H30N4. The Morgan fingerprint density at radius 1 is 0.391 bits per heavy atom. The van der Waals surface area contributed by atoms with Crippen LogP contribution in [-0.2, 0) is 0 Å². The summed E-state index contributed by atoms with van der Waals surface area (Å²) >= 11 is 0. The lowest BCUT2D eigenvalue weighted by molar-refractivity contribution is 1.27. The second-order valence-corrected chi connectivity index (χ2v) is 10.7. The van der Waals surface area contributed by atoms with Gasteiger partial charge in [-0.2, -0.15) is 10.5 Å². The highest BCUT2D eigenvalue weighted by molar-refractivity contribution is 5.85. The summed E-state index contributed by atoms with van der Waals surface area (Å²) in [6.07, 6.45) is 0. The zero-order valence-corrected chi connectivity index (χ0v) is 25.2. The van der Waals surface area contributed by atoms with Gasteiger partial charge in [-0.05, 0) is 95.1 Å². The quantitative estimate of drug-likeness (QED) is 0.157. The molecule has 0 aromatic heterocycles. The van der Waals surface area contributed by atoms with Gasteiger partial charge in [0.05, 0.1) is 23.3 Å². The van der Waals surface area contributed by atoms with Crippen molar-refractivity contribution in [3.8, 4) is 23.3 Å². The number of rotatable bonds is 9. The summed E-state index contributed by atoms with van der Waals surface area (Å²) in [7, 11) is 0. The Labute approximate surface area is 270 Å². The Morgan fingerprint density at radius 2 is 0.717 bits per heavy atom. The maximum atomic E-state index is 9.31. The van der Waals surface area contributed by atoms with Gasteiger partial charge in [0.25, 0.3) is 0 Å². The number of allylic oxidation sites excluding steroid dienone is 2. The standard InChI is InChI=1S/C42H30N4/c1-31(29-43)33-19-23-39(24-20-33)45(37-13-5-3-6-14-37)41-17-9-11-35(27-41)36-12-10-18-42(28-36)46(38-15-7-4-8-16-38)40-25-21-34(22-26-40)32(2)30-44/h3-28H,1-2H2. The van der Waals surface area contributed by atoms with Crippen molar-refractivity contribution in [3.63, 3.8) is 0 Å². The molecule has 0 N–H and O–H groups in total. The van der Waals surface area contributed by atoms with Crippen LogP contribution in [0.3, 0.4) is 0 Å². The molecule has 0 aliphatic carbocycles. The predicted molar refractivity (Wildman–Crippen MR) is 191 cm³/mol. The average Bonchev–Trinajstić information content (AvgIpc) is 3.13. The number of nitrogens with zero attached hydrogens (tertiary/aromatic N) is 4. The van der Waals surface area contributed by atoms with Crippen molar-refractivity contribution < 1.29 is 0 Å². The zero-order chi connectivity index (χ0) is 31.9. The summed E-state index contributed by atoms with van der Waals surface area (Å²) in [4.78, 5) is 4.42. The lowest BCUT2D eigenvalue weighted by atomic mass is 10.0. The monoisotopic (exact) mass is 590 g/mol. The van der Waals surface area contributed by atoms with Gasteiger partial charge in [-0.1, -0.05) is 98.1 Å². The Morgan fingerprint density at radius 3 is 1.07 bits per heavy atom. The van der Waals surface area contributed by atoms with E-state index in [1.54, 1.807) is 0 Å². The topological polar surface area (TPSA) is 54.1 Å². The summed E-state index contributed by atoms with van der Waals surface area (Å²) < 4.78 is 0. The summed E-state index contributed by atoms with van der Waals surface area (Å²) in [6.45, 7) is 7.72. The van der Waals surface area contributed by atoms with Crippen molar-refractivity contribution in [2.45, 2.75) is 0 Å². The van der Waals surface area contributed by atoms with E-state index in [0.717, 1.165) is 56.4 Å². The van der Waals surface area contributed by atoms with E-state index < -0.39 is 0 Å². The van der Waals surface area contributed by atoms with Crippen molar-refractivity contribution >= 4 is 45.3 Å². The van der Waals surface area contributed by atoms with Crippen LogP contribution in [0.25, 0.3) is 22.3 Å². The third-order valence-electron chi connectivity index (χ3n) is 7.79. The Bertz CT molecular complexity index is 1930. The molecule has 6 aromatic carbocycles. The van der Waals surface area contributed by atoms with E-state index in [2.05, 4.69) is 108 Å². The van der Waals surface area contributed by atoms with Crippen LogP contribution in [0, 0.1) is 22.7 Å². The second-order valence-electron chi connectivity index (χ2n) is 10.7. The molecule has 0 spiro atoms. The molecule has 0 atom stereocenters. The van der Waals surface area contributed by atoms with E-state index in [4.69, 9.17) is 0 Å².